The summed E-state index contributed by atoms with van der Waals surface area (Å²) in [7, 11) is 0. The molecule has 0 aliphatic carbocycles. The van der Waals surface area contributed by atoms with Crippen molar-refractivity contribution in [3.63, 3.8) is 0 Å². The van der Waals surface area contributed by atoms with E-state index in [2.05, 4.69) is 15.1 Å². The van der Waals surface area contributed by atoms with E-state index in [0.29, 0.717) is 12.4 Å². The van der Waals surface area contributed by atoms with Crippen molar-refractivity contribution in [2.45, 2.75) is 13.5 Å². The topological polar surface area (TPSA) is 89.3 Å². The van der Waals surface area contributed by atoms with Gasteiger partial charge in [-0.15, -0.1) is 11.3 Å². The van der Waals surface area contributed by atoms with Crippen LogP contribution < -0.4 is 5.73 Å². The summed E-state index contributed by atoms with van der Waals surface area (Å²) in [6.07, 6.45) is 3.37. The predicted molar refractivity (Wildman–Crippen MR) is 60.7 cm³/mol. The first kappa shape index (κ1) is 10.6. The zero-order valence-corrected chi connectivity index (χ0v) is 9.48. The van der Waals surface area contributed by atoms with Crippen molar-refractivity contribution in [3.8, 4) is 0 Å². The zero-order chi connectivity index (χ0) is 11.5. The second-order valence-electron chi connectivity index (χ2n) is 3.25. The number of rotatable bonds is 3. The average molecular weight is 237 g/mol. The molecule has 0 aromatic carbocycles. The Labute approximate surface area is 96.1 Å². The van der Waals surface area contributed by atoms with Gasteiger partial charge in [-0.25, -0.2) is 9.97 Å². The normalized spacial score (nSPS) is 11.9. The van der Waals surface area contributed by atoms with Crippen LogP contribution in [0.15, 0.2) is 22.9 Å². The molecule has 0 saturated carbocycles. The lowest BCUT2D eigenvalue weighted by Gasteiger charge is -2.03. The van der Waals surface area contributed by atoms with Crippen molar-refractivity contribution in [1.82, 2.24) is 14.5 Å². The van der Waals surface area contributed by atoms with Crippen LogP contribution in [0.3, 0.4) is 0 Å². The van der Waals surface area contributed by atoms with Crippen LogP contribution in [0.5, 0.6) is 0 Å². The molecular weight excluding hydrogens is 226 g/mol. The Morgan fingerprint density at radius 2 is 2.50 bits per heavy atom. The highest BCUT2D eigenvalue weighted by atomic mass is 32.1. The molecule has 0 radical (unpaired) electrons. The van der Waals surface area contributed by atoms with Crippen molar-refractivity contribution in [3.05, 3.63) is 34.3 Å². The monoisotopic (exact) mass is 237 g/mol. The van der Waals surface area contributed by atoms with Crippen molar-refractivity contribution in [1.29, 1.82) is 0 Å². The van der Waals surface area contributed by atoms with Gasteiger partial charge >= 0.3 is 0 Å². The molecule has 2 rings (SSSR count). The van der Waals surface area contributed by atoms with Gasteiger partial charge in [0.2, 0.25) is 5.84 Å². The summed E-state index contributed by atoms with van der Waals surface area (Å²) >= 11 is 1.57. The largest absolute Gasteiger partial charge is 0.409 e. The standard InChI is InChI=1S/C9H11N5OS/c1-6-5-16-7(12-6)4-14-3-2-11-9(14)8(10)13-15/h2-3,5,15H,4H2,1H3,(H2,10,13). The number of aryl methyl sites for hydroxylation is 1. The van der Waals surface area contributed by atoms with Crippen molar-refractivity contribution in [2.24, 2.45) is 10.9 Å². The second kappa shape index (κ2) is 4.31. The van der Waals surface area contributed by atoms with Crippen molar-refractivity contribution >= 4 is 17.2 Å². The minimum absolute atomic E-state index is 0.00159. The van der Waals surface area contributed by atoms with E-state index >= 15 is 0 Å². The smallest absolute Gasteiger partial charge is 0.206 e. The lowest BCUT2D eigenvalue weighted by Crippen LogP contribution is -2.19. The molecule has 0 fully saturated rings. The van der Waals surface area contributed by atoms with Crippen LogP contribution in [0.4, 0.5) is 0 Å². The van der Waals surface area contributed by atoms with E-state index in [1.807, 2.05) is 12.3 Å². The summed E-state index contributed by atoms with van der Waals surface area (Å²) in [4.78, 5) is 8.35. The van der Waals surface area contributed by atoms with Crippen LogP contribution in [0.25, 0.3) is 0 Å². The molecule has 0 bridgehead atoms. The second-order valence-corrected chi connectivity index (χ2v) is 4.19. The van der Waals surface area contributed by atoms with Gasteiger partial charge in [0.1, 0.15) is 5.01 Å². The maximum absolute atomic E-state index is 8.60. The van der Waals surface area contributed by atoms with E-state index in [-0.39, 0.29) is 5.84 Å². The molecule has 7 heteroatoms. The molecule has 0 amide bonds. The number of aromatic nitrogens is 3. The van der Waals surface area contributed by atoms with Gasteiger partial charge in [-0.05, 0) is 6.92 Å². The van der Waals surface area contributed by atoms with Gasteiger partial charge in [-0.1, -0.05) is 5.16 Å². The Hall–Kier alpha value is -1.89. The number of thiazole rings is 1. The quantitative estimate of drug-likeness (QED) is 0.357. The fourth-order valence-corrected chi connectivity index (χ4v) is 2.11. The molecule has 2 aromatic heterocycles. The Morgan fingerprint density at radius 1 is 1.69 bits per heavy atom. The Morgan fingerprint density at radius 3 is 3.12 bits per heavy atom. The highest BCUT2D eigenvalue weighted by Crippen LogP contribution is 2.11. The molecule has 0 saturated heterocycles. The van der Waals surface area contributed by atoms with E-state index in [0.717, 1.165) is 10.7 Å². The first-order valence-electron chi connectivity index (χ1n) is 4.60. The SMILES string of the molecule is Cc1csc(Cn2ccnc2C(N)=NO)n1. The van der Waals surface area contributed by atoms with Crippen LogP contribution in [0.2, 0.25) is 0 Å². The number of hydrogen-bond donors (Lipinski definition) is 2. The fraction of sp³-hybridized carbons (Fsp3) is 0.222. The lowest BCUT2D eigenvalue weighted by molar-refractivity contribution is 0.318. The van der Waals surface area contributed by atoms with Crippen molar-refractivity contribution in [2.75, 3.05) is 0 Å². The molecule has 16 heavy (non-hydrogen) atoms. The number of nitrogens with zero attached hydrogens (tertiary/aromatic N) is 4. The Bertz CT molecular complexity index is 515. The van der Waals surface area contributed by atoms with E-state index in [1.54, 1.807) is 28.3 Å². The molecule has 0 aliphatic heterocycles. The summed E-state index contributed by atoms with van der Waals surface area (Å²) in [5.74, 6) is 0.439. The van der Waals surface area contributed by atoms with Gasteiger partial charge in [0.05, 0.1) is 6.54 Å². The minimum atomic E-state index is -0.00159. The van der Waals surface area contributed by atoms with Crippen LogP contribution in [0, 0.1) is 6.92 Å². The summed E-state index contributed by atoms with van der Waals surface area (Å²) < 4.78 is 1.79. The minimum Gasteiger partial charge on any atom is -0.409 e. The fourth-order valence-electron chi connectivity index (χ4n) is 1.34. The molecule has 0 atom stereocenters. The number of amidine groups is 1. The van der Waals surface area contributed by atoms with Crippen LogP contribution in [0.1, 0.15) is 16.5 Å². The number of imidazole rings is 1. The maximum Gasteiger partial charge on any atom is 0.206 e. The van der Waals surface area contributed by atoms with Gasteiger partial charge in [0.25, 0.3) is 0 Å². The van der Waals surface area contributed by atoms with Crippen LogP contribution in [-0.4, -0.2) is 25.6 Å². The molecule has 0 unspecified atom stereocenters. The van der Waals surface area contributed by atoms with E-state index in [1.165, 1.54) is 0 Å². The summed E-state index contributed by atoms with van der Waals surface area (Å²) in [6, 6.07) is 0. The van der Waals surface area contributed by atoms with Gasteiger partial charge in [-0.2, -0.15) is 0 Å². The third-order valence-corrected chi connectivity index (χ3v) is 2.98. The summed E-state index contributed by atoms with van der Waals surface area (Å²) in [5, 5.41) is 14.5. The highest BCUT2D eigenvalue weighted by molar-refractivity contribution is 7.09. The van der Waals surface area contributed by atoms with Gasteiger partial charge in [0.15, 0.2) is 5.82 Å². The summed E-state index contributed by atoms with van der Waals surface area (Å²) in [6.45, 7) is 2.52. The molecule has 0 spiro atoms. The number of hydrogen-bond acceptors (Lipinski definition) is 5. The van der Waals surface area contributed by atoms with Crippen molar-refractivity contribution < 1.29 is 5.21 Å². The van der Waals surface area contributed by atoms with Gasteiger partial charge in [-0.3, -0.25) is 0 Å². The van der Waals surface area contributed by atoms with E-state index in [4.69, 9.17) is 10.9 Å². The molecule has 3 N–H and O–H groups in total. The highest BCUT2D eigenvalue weighted by Gasteiger charge is 2.09. The molecule has 6 nitrogen and oxygen atoms in total. The molecular formula is C9H11N5OS. The number of nitrogens with two attached hydrogens (primary N) is 1. The molecule has 2 heterocycles. The first-order valence-corrected chi connectivity index (χ1v) is 5.48. The lowest BCUT2D eigenvalue weighted by atomic mass is 10.5. The third kappa shape index (κ3) is 2.03. The molecule has 0 aliphatic rings. The first-order chi connectivity index (χ1) is 7.70. The Kier molecular flexibility index (Phi) is 2.86. The van der Waals surface area contributed by atoms with Gasteiger partial charge in [0, 0.05) is 23.5 Å². The predicted octanol–water partition coefficient (Wildman–Crippen LogP) is 0.791. The zero-order valence-electron chi connectivity index (χ0n) is 8.66. The van der Waals surface area contributed by atoms with E-state index in [9.17, 15) is 0 Å². The Balaban J connectivity index is 2.25. The van der Waals surface area contributed by atoms with E-state index < -0.39 is 0 Å². The maximum atomic E-state index is 8.60. The van der Waals surface area contributed by atoms with Crippen LogP contribution in [-0.2, 0) is 6.54 Å². The van der Waals surface area contributed by atoms with Crippen LogP contribution >= 0.6 is 11.3 Å². The summed E-state index contributed by atoms with van der Waals surface area (Å²) in [5.41, 5.74) is 6.49. The van der Waals surface area contributed by atoms with Gasteiger partial charge < -0.3 is 15.5 Å². The number of oxime groups is 1. The third-order valence-electron chi connectivity index (χ3n) is 2.02. The molecule has 84 valence electrons. The average Bonchev–Trinajstić information content (AvgIpc) is 2.87. The molecule has 2 aromatic rings.